The van der Waals surface area contributed by atoms with Crippen molar-refractivity contribution >= 4 is 16.9 Å². The predicted molar refractivity (Wildman–Crippen MR) is 125 cm³/mol. The zero-order chi connectivity index (χ0) is 22.1. The Hall–Kier alpha value is -3.61. The summed E-state index contributed by atoms with van der Waals surface area (Å²) in [5.74, 6) is 1.82. The topological polar surface area (TPSA) is 88.1 Å². The third-order valence-electron chi connectivity index (χ3n) is 6.09. The van der Waals surface area contributed by atoms with Crippen molar-refractivity contribution in [2.24, 2.45) is 0 Å². The van der Waals surface area contributed by atoms with Crippen LogP contribution in [0.15, 0.2) is 48.8 Å². The van der Waals surface area contributed by atoms with Gasteiger partial charge in [0.1, 0.15) is 17.8 Å². The van der Waals surface area contributed by atoms with Crippen molar-refractivity contribution in [2.75, 3.05) is 19.5 Å². The van der Waals surface area contributed by atoms with Gasteiger partial charge in [-0.25, -0.2) is 14.6 Å². The molecule has 4 aromatic rings. The average Bonchev–Trinajstić information content (AvgIpc) is 3.41. The van der Waals surface area contributed by atoms with Gasteiger partial charge in [0.05, 0.1) is 25.1 Å². The summed E-state index contributed by atoms with van der Waals surface area (Å²) in [7, 11) is 1.65. The summed E-state index contributed by atoms with van der Waals surface area (Å²) in [4.78, 5) is 8.81. The molecular weight excluding hydrogens is 402 g/mol. The van der Waals surface area contributed by atoms with Crippen molar-refractivity contribution in [1.82, 2.24) is 19.7 Å². The summed E-state index contributed by atoms with van der Waals surface area (Å²) in [5.41, 5.74) is 11.5. The number of benzene rings is 2. The van der Waals surface area contributed by atoms with Crippen molar-refractivity contribution in [1.29, 1.82) is 0 Å². The summed E-state index contributed by atoms with van der Waals surface area (Å²) in [6.45, 7) is 2.77. The molecule has 2 aromatic heterocycles. The van der Waals surface area contributed by atoms with E-state index in [1.54, 1.807) is 7.11 Å². The number of aromatic nitrogens is 4. The molecule has 0 saturated heterocycles. The van der Waals surface area contributed by atoms with Gasteiger partial charge in [0.2, 0.25) is 0 Å². The number of hydrogen-bond donors (Lipinski definition) is 1. The van der Waals surface area contributed by atoms with Gasteiger partial charge in [-0.3, -0.25) is 0 Å². The molecular formula is C25H27N5O2. The van der Waals surface area contributed by atoms with Gasteiger partial charge >= 0.3 is 0 Å². The molecule has 32 heavy (non-hydrogen) atoms. The molecule has 164 valence electrons. The number of anilines is 1. The van der Waals surface area contributed by atoms with E-state index in [2.05, 4.69) is 41.2 Å². The highest BCUT2D eigenvalue weighted by atomic mass is 16.5. The van der Waals surface area contributed by atoms with Gasteiger partial charge in [-0.1, -0.05) is 37.6 Å². The molecule has 2 N–H and O–H groups in total. The number of hydrogen-bond acceptors (Lipinski definition) is 6. The van der Waals surface area contributed by atoms with Crippen molar-refractivity contribution < 1.29 is 9.47 Å². The van der Waals surface area contributed by atoms with E-state index in [1.807, 2.05) is 22.9 Å². The number of nitrogens with two attached hydrogens (primary N) is 1. The van der Waals surface area contributed by atoms with Gasteiger partial charge in [-0.2, -0.15) is 5.10 Å². The Morgan fingerprint density at radius 3 is 2.56 bits per heavy atom. The minimum atomic E-state index is 0.191. The summed E-state index contributed by atoms with van der Waals surface area (Å²) < 4.78 is 13.5. The van der Waals surface area contributed by atoms with Gasteiger partial charge < -0.3 is 15.2 Å². The number of nitrogens with zero attached hydrogens (tertiary/aromatic N) is 4. The lowest BCUT2D eigenvalue weighted by Crippen LogP contribution is -2.11. The molecule has 0 unspecified atom stereocenters. The van der Waals surface area contributed by atoms with Crippen LogP contribution in [-0.4, -0.2) is 33.5 Å². The normalized spacial score (nSPS) is 13.4. The molecule has 0 spiro atoms. The molecule has 0 saturated carbocycles. The zero-order valence-corrected chi connectivity index (χ0v) is 18.4. The second kappa shape index (κ2) is 8.49. The maximum absolute atomic E-state index is 6.32. The standard InChI is InChI=1S/C25H27N5O2/c1-3-4-11-32-21-14-18(9-10-20(21)31-2)23-22-24(26)27-15-28-25(22)30(29-23)19-12-16-7-5-6-8-17(16)13-19/h5-10,14-15,19H,3-4,11-13H2,1-2H3,(H2,26,27,28). The molecule has 0 atom stereocenters. The molecule has 7 nitrogen and oxygen atoms in total. The van der Waals surface area contributed by atoms with Crippen LogP contribution in [0.2, 0.25) is 0 Å². The Bertz CT molecular complexity index is 1240. The summed E-state index contributed by atoms with van der Waals surface area (Å²) in [5, 5.41) is 5.79. The van der Waals surface area contributed by atoms with E-state index in [4.69, 9.17) is 20.3 Å². The first-order valence-electron chi connectivity index (χ1n) is 11.1. The van der Waals surface area contributed by atoms with Crippen LogP contribution < -0.4 is 15.2 Å². The molecule has 1 aliphatic rings. The van der Waals surface area contributed by atoms with E-state index in [0.717, 1.165) is 48.0 Å². The van der Waals surface area contributed by atoms with E-state index in [-0.39, 0.29) is 6.04 Å². The first-order chi connectivity index (χ1) is 15.7. The maximum Gasteiger partial charge on any atom is 0.164 e. The first kappa shape index (κ1) is 20.3. The molecule has 2 aromatic carbocycles. The molecule has 0 radical (unpaired) electrons. The van der Waals surface area contributed by atoms with Crippen LogP contribution in [0.25, 0.3) is 22.3 Å². The largest absolute Gasteiger partial charge is 0.493 e. The molecule has 0 bridgehead atoms. The SMILES string of the molecule is CCCCOc1cc(-c2nn(C3Cc4ccccc4C3)c3ncnc(N)c23)ccc1OC. The number of unbranched alkanes of at least 4 members (excludes halogenated alkanes) is 1. The van der Waals surface area contributed by atoms with Crippen LogP contribution in [-0.2, 0) is 12.8 Å². The molecule has 7 heteroatoms. The first-order valence-corrected chi connectivity index (χ1v) is 11.1. The Morgan fingerprint density at radius 2 is 1.84 bits per heavy atom. The fraction of sp³-hybridized carbons (Fsp3) is 0.320. The van der Waals surface area contributed by atoms with Crippen molar-refractivity contribution in [3.8, 4) is 22.8 Å². The lowest BCUT2D eigenvalue weighted by Gasteiger charge is -2.12. The number of nitrogen functional groups attached to an aromatic ring is 1. The van der Waals surface area contributed by atoms with Gasteiger partial charge in [-0.15, -0.1) is 0 Å². The lowest BCUT2D eigenvalue weighted by atomic mass is 10.1. The zero-order valence-electron chi connectivity index (χ0n) is 18.4. The monoisotopic (exact) mass is 429 g/mol. The van der Waals surface area contributed by atoms with Crippen LogP contribution in [0.1, 0.15) is 36.9 Å². The quantitative estimate of drug-likeness (QED) is 0.432. The Kier molecular flexibility index (Phi) is 5.39. The molecule has 0 fully saturated rings. The van der Waals surface area contributed by atoms with Crippen LogP contribution in [0.3, 0.4) is 0 Å². The summed E-state index contributed by atoms with van der Waals surface area (Å²) >= 11 is 0. The van der Waals surface area contributed by atoms with Crippen LogP contribution in [0, 0.1) is 0 Å². The maximum atomic E-state index is 6.32. The minimum absolute atomic E-state index is 0.191. The van der Waals surface area contributed by atoms with Crippen LogP contribution >= 0.6 is 0 Å². The van der Waals surface area contributed by atoms with Gasteiger partial charge in [0.25, 0.3) is 0 Å². The fourth-order valence-corrected chi connectivity index (χ4v) is 4.42. The molecule has 0 aliphatic heterocycles. The molecule has 5 rings (SSSR count). The second-order valence-electron chi connectivity index (χ2n) is 8.15. The Balaban J connectivity index is 1.59. The fourth-order valence-electron chi connectivity index (χ4n) is 4.42. The minimum Gasteiger partial charge on any atom is -0.493 e. The molecule has 0 amide bonds. The third kappa shape index (κ3) is 3.53. The van der Waals surface area contributed by atoms with Gasteiger partial charge in [0, 0.05) is 5.56 Å². The van der Waals surface area contributed by atoms with Crippen LogP contribution in [0.4, 0.5) is 5.82 Å². The van der Waals surface area contributed by atoms with E-state index in [9.17, 15) is 0 Å². The van der Waals surface area contributed by atoms with Crippen LogP contribution in [0.5, 0.6) is 11.5 Å². The number of rotatable bonds is 7. The highest BCUT2D eigenvalue weighted by molar-refractivity contribution is 5.98. The van der Waals surface area contributed by atoms with Gasteiger partial charge in [0.15, 0.2) is 17.1 Å². The van der Waals surface area contributed by atoms with Crippen molar-refractivity contribution in [2.45, 2.75) is 38.6 Å². The number of ether oxygens (including phenoxy) is 2. The smallest absolute Gasteiger partial charge is 0.164 e. The van der Waals surface area contributed by atoms with E-state index in [0.29, 0.717) is 23.9 Å². The number of fused-ring (bicyclic) bond motifs is 2. The highest BCUT2D eigenvalue weighted by Crippen LogP contribution is 2.39. The summed E-state index contributed by atoms with van der Waals surface area (Å²) in [6.07, 6.45) is 5.40. The van der Waals surface area contributed by atoms with Crippen molar-refractivity contribution in [3.63, 3.8) is 0 Å². The molecule has 1 aliphatic carbocycles. The van der Waals surface area contributed by atoms with Gasteiger partial charge in [-0.05, 0) is 48.6 Å². The summed E-state index contributed by atoms with van der Waals surface area (Å²) in [6, 6.07) is 14.6. The predicted octanol–water partition coefficient (Wildman–Crippen LogP) is 4.60. The molecule has 2 heterocycles. The third-order valence-corrected chi connectivity index (χ3v) is 6.09. The van der Waals surface area contributed by atoms with E-state index < -0.39 is 0 Å². The van der Waals surface area contributed by atoms with E-state index in [1.165, 1.54) is 17.5 Å². The number of methoxy groups -OCH3 is 1. The highest BCUT2D eigenvalue weighted by Gasteiger charge is 2.27. The Morgan fingerprint density at radius 1 is 1.06 bits per heavy atom. The van der Waals surface area contributed by atoms with E-state index >= 15 is 0 Å². The second-order valence-corrected chi connectivity index (χ2v) is 8.15. The lowest BCUT2D eigenvalue weighted by molar-refractivity contribution is 0.288. The van der Waals surface area contributed by atoms with Crippen molar-refractivity contribution in [3.05, 3.63) is 59.9 Å². The average molecular weight is 430 g/mol. The Labute approximate surface area is 187 Å².